The second-order valence-corrected chi connectivity index (χ2v) is 6.64. The van der Waals surface area contributed by atoms with Gasteiger partial charge in [0.15, 0.2) is 0 Å². The van der Waals surface area contributed by atoms with E-state index >= 15 is 0 Å². The summed E-state index contributed by atoms with van der Waals surface area (Å²) in [6.45, 7) is 5.40. The Labute approximate surface area is 126 Å². The fourth-order valence-electron chi connectivity index (χ4n) is 3.18. The largest absolute Gasteiger partial charge is 0.306 e. The Balaban J connectivity index is 1.97. The molecular weight excluding hydrogens is 262 g/mol. The van der Waals surface area contributed by atoms with Crippen molar-refractivity contribution >= 4 is 11.3 Å². The van der Waals surface area contributed by atoms with E-state index in [4.69, 9.17) is 0 Å². The maximum Gasteiger partial charge on any atom is 0.0673 e. The molecule has 2 heteroatoms. The number of hydrogen-bond donors (Lipinski definition) is 1. The standard InChI is InChI=1S/C18H23NS/c1-3-19-17(18-13(2)10-11-20-18)16-9-8-14-6-4-5-7-15(14)12-16/h8-12,17,19H,3-7H2,1-2H3. The van der Waals surface area contributed by atoms with E-state index in [1.807, 2.05) is 11.3 Å². The van der Waals surface area contributed by atoms with Crippen LogP contribution in [0, 0.1) is 6.92 Å². The Morgan fingerprint density at radius 1 is 1.15 bits per heavy atom. The number of hydrogen-bond acceptors (Lipinski definition) is 2. The third-order valence-corrected chi connectivity index (χ3v) is 5.36. The number of rotatable bonds is 4. The maximum absolute atomic E-state index is 3.66. The van der Waals surface area contributed by atoms with Crippen LogP contribution in [-0.2, 0) is 12.8 Å². The average Bonchev–Trinajstić information content (AvgIpc) is 2.90. The Morgan fingerprint density at radius 2 is 1.95 bits per heavy atom. The van der Waals surface area contributed by atoms with Crippen LogP contribution in [0.5, 0.6) is 0 Å². The van der Waals surface area contributed by atoms with E-state index in [2.05, 4.69) is 48.8 Å². The molecule has 1 unspecified atom stereocenters. The van der Waals surface area contributed by atoms with E-state index in [9.17, 15) is 0 Å². The lowest BCUT2D eigenvalue weighted by atomic mass is 9.88. The number of thiophene rings is 1. The predicted molar refractivity (Wildman–Crippen MR) is 87.7 cm³/mol. The summed E-state index contributed by atoms with van der Waals surface area (Å²) in [6.07, 6.45) is 5.22. The Bertz CT molecular complexity index is 585. The quantitative estimate of drug-likeness (QED) is 0.863. The van der Waals surface area contributed by atoms with Gasteiger partial charge in [0.05, 0.1) is 6.04 Å². The van der Waals surface area contributed by atoms with Gasteiger partial charge in [0.2, 0.25) is 0 Å². The molecule has 2 aromatic rings. The highest BCUT2D eigenvalue weighted by atomic mass is 32.1. The van der Waals surface area contributed by atoms with Crippen LogP contribution in [0.3, 0.4) is 0 Å². The molecule has 1 aromatic carbocycles. The van der Waals surface area contributed by atoms with Crippen molar-refractivity contribution in [1.82, 2.24) is 5.32 Å². The number of nitrogens with one attached hydrogen (secondary N) is 1. The molecule has 1 aliphatic rings. The van der Waals surface area contributed by atoms with Crippen molar-refractivity contribution in [2.45, 2.75) is 45.6 Å². The van der Waals surface area contributed by atoms with Gasteiger partial charge in [0.25, 0.3) is 0 Å². The van der Waals surface area contributed by atoms with Gasteiger partial charge in [-0.25, -0.2) is 0 Å². The molecule has 1 nitrogen and oxygen atoms in total. The molecule has 0 saturated carbocycles. The zero-order chi connectivity index (χ0) is 13.9. The van der Waals surface area contributed by atoms with Gasteiger partial charge in [-0.3, -0.25) is 0 Å². The van der Waals surface area contributed by atoms with Crippen LogP contribution in [0.1, 0.15) is 52.9 Å². The van der Waals surface area contributed by atoms with Crippen molar-refractivity contribution in [2.24, 2.45) is 0 Å². The van der Waals surface area contributed by atoms with Crippen LogP contribution >= 0.6 is 11.3 Å². The second-order valence-electron chi connectivity index (χ2n) is 5.69. The Kier molecular flexibility index (Phi) is 4.23. The first kappa shape index (κ1) is 13.8. The van der Waals surface area contributed by atoms with Crippen molar-refractivity contribution in [1.29, 1.82) is 0 Å². The number of fused-ring (bicyclic) bond motifs is 1. The first-order chi connectivity index (χ1) is 9.79. The van der Waals surface area contributed by atoms with Gasteiger partial charge in [-0.2, -0.15) is 0 Å². The van der Waals surface area contributed by atoms with Crippen molar-refractivity contribution in [3.05, 3.63) is 56.8 Å². The van der Waals surface area contributed by atoms with E-state index in [1.165, 1.54) is 41.7 Å². The highest BCUT2D eigenvalue weighted by Gasteiger charge is 2.18. The maximum atomic E-state index is 3.66. The number of benzene rings is 1. The van der Waals surface area contributed by atoms with Gasteiger partial charge in [0.1, 0.15) is 0 Å². The van der Waals surface area contributed by atoms with Crippen molar-refractivity contribution < 1.29 is 0 Å². The summed E-state index contributed by atoms with van der Waals surface area (Å²) in [5.74, 6) is 0. The van der Waals surface area contributed by atoms with Gasteiger partial charge in [-0.1, -0.05) is 25.1 Å². The summed E-state index contributed by atoms with van der Waals surface area (Å²) in [6, 6.07) is 9.71. The molecule has 0 saturated heterocycles. The first-order valence-corrected chi connectivity index (χ1v) is 8.56. The summed E-state index contributed by atoms with van der Waals surface area (Å²) in [4.78, 5) is 1.46. The minimum atomic E-state index is 0.354. The highest BCUT2D eigenvalue weighted by molar-refractivity contribution is 7.10. The third-order valence-electron chi connectivity index (χ3n) is 4.28. The Hall–Kier alpha value is -1.12. The van der Waals surface area contributed by atoms with Crippen LogP contribution in [-0.4, -0.2) is 6.54 Å². The molecule has 3 rings (SSSR count). The summed E-state index contributed by atoms with van der Waals surface area (Å²) >= 11 is 1.87. The lowest BCUT2D eigenvalue weighted by Gasteiger charge is -2.22. The molecule has 1 heterocycles. The lowest BCUT2D eigenvalue weighted by Crippen LogP contribution is -2.22. The summed E-state index contributed by atoms with van der Waals surface area (Å²) in [7, 11) is 0. The minimum Gasteiger partial charge on any atom is -0.306 e. The SMILES string of the molecule is CCNC(c1ccc2c(c1)CCCC2)c1sccc1C. The molecule has 1 aromatic heterocycles. The fourth-order valence-corrected chi connectivity index (χ4v) is 4.21. The van der Waals surface area contributed by atoms with E-state index in [0.29, 0.717) is 6.04 Å². The molecule has 20 heavy (non-hydrogen) atoms. The normalized spacial score (nSPS) is 15.9. The van der Waals surface area contributed by atoms with E-state index in [1.54, 1.807) is 11.1 Å². The molecule has 1 aliphatic carbocycles. The van der Waals surface area contributed by atoms with Gasteiger partial charge in [-0.15, -0.1) is 11.3 Å². The van der Waals surface area contributed by atoms with Crippen molar-refractivity contribution in [3.8, 4) is 0 Å². The monoisotopic (exact) mass is 285 g/mol. The van der Waals surface area contributed by atoms with E-state index in [0.717, 1.165) is 6.54 Å². The fraction of sp³-hybridized carbons (Fsp3) is 0.444. The predicted octanol–water partition coefficient (Wildman–Crippen LogP) is 4.63. The van der Waals surface area contributed by atoms with Gasteiger partial charge < -0.3 is 5.32 Å². The molecule has 0 spiro atoms. The average molecular weight is 285 g/mol. The van der Waals surface area contributed by atoms with Crippen LogP contribution in [0.2, 0.25) is 0 Å². The van der Waals surface area contributed by atoms with Crippen molar-refractivity contribution in [2.75, 3.05) is 6.54 Å². The van der Waals surface area contributed by atoms with Gasteiger partial charge in [-0.05, 0) is 72.9 Å². The molecule has 0 aliphatic heterocycles. The molecule has 0 radical (unpaired) electrons. The molecule has 1 atom stereocenters. The second kappa shape index (κ2) is 6.11. The topological polar surface area (TPSA) is 12.0 Å². The number of aryl methyl sites for hydroxylation is 3. The zero-order valence-electron chi connectivity index (χ0n) is 12.4. The summed E-state index contributed by atoms with van der Waals surface area (Å²) in [5, 5.41) is 5.86. The molecule has 0 amide bonds. The van der Waals surface area contributed by atoms with Gasteiger partial charge in [0, 0.05) is 4.88 Å². The van der Waals surface area contributed by atoms with Crippen LogP contribution in [0.4, 0.5) is 0 Å². The van der Waals surface area contributed by atoms with Crippen LogP contribution in [0.15, 0.2) is 29.6 Å². The smallest absolute Gasteiger partial charge is 0.0673 e. The third kappa shape index (κ3) is 2.68. The summed E-state index contributed by atoms with van der Waals surface area (Å²) in [5.41, 5.74) is 5.97. The minimum absolute atomic E-state index is 0.354. The lowest BCUT2D eigenvalue weighted by molar-refractivity contribution is 0.631. The van der Waals surface area contributed by atoms with E-state index < -0.39 is 0 Å². The van der Waals surface area contributed by atoms with Crippen molar-refractivity contribution in [3.63, 3.8) is 0 Å². The highest BCUT2D eigenvalue weighted by Crippen LogP contribution is 2.32. The van der Waals surface area contributed by atoms with E-state index in [-0.39, 0.29) is 0 Å². The van der Waals surface area contributed by atoms with Gasteiger partial charge >= 0.3 is 0 Å². The molecule has 0 bridgehead atoms. The van der Waals surface area contributed by atoms with Crippen LogP contribution in [0.25, 0.3) is 0 Å². The molecule has 106 valence electrons. The molecule has 0 fully saturated rings. The van der Waals surface area contributed by atoms with Crippen LogP contribution < -0.4 is 5.32 Å². The first-order valence-electron chi connectivity index (χ1n) is 7.68. The molecular formula is C18H23NS. The zero-order valence-corrected chi connectivity index (χ0v) is 13.2. The summed E-state index contributed by atoms with van der Waals surface area (Å²) < 4.78 is 0. The Morgan fingerprint density at radius 3 is 2.65 bits per heavy atom. The molecule has 1 N–H and O–H groups in total.